The Bertz CT molecular complexity index is 1260. The van der Waals surface area contributed by atoms with Crippen LogP contribution in [0.25, 0.3) is 0 Å². The van der Waals surface area contributed by atoms with Crippen LogP contribution in [0.2, 0.25) is 0 Å². The van der Waals surface area contributed by atoms with E-state index in [9.17, 15) is 19.2 Å². The normalized spacial score (nSPS) is 12.8. The molecule has 0 radical (unpaired) electrons. The zero-order chi connectivity index (χ0) is 30.8. The molecule has 0 spiro atoms. The molecule has 0 aromatic heterocycles. The second-order valence-corrected chi connectivity index (χ2v) is 11.4. The number of carbonyl (C=O) groups excluding carboxylic acids is 4. The molecule has 2 atom stereocenters. The van der Waals surface area contributed by atoms with Crippen LogP contribution < -0.4 is 16.4 Å². The smallest absolute Gasteiger partial charge is 0.408 e. The number of carbonyl (C=O) groups is 4. The van der Waals surface area contributed by atoms with Crippen molar-refractivity contribution in [3.8, 4) is 12.3 Å². The molecule has 0 aliphatic carbocycles. The molecule has 9 nitrogen and oxygen atoms in total. The Kier molecular flexibility index (Phi) is 11.5. The molecule has 0 bridgehead atoms. The SMILES string of the molecule is C#Cc1ccccc1C(C(=O)NCc1ccccc1)N(C(=O)C(CCC(N)=O)NC(=O)OC(C)(C)C)C(C)(C)CC. The third-order valence-electron chi connectivity index (χ3n) is 6.65. The highest BCUT2D eigenvalue weighted by atomic mass is 16.6. The number of amides is 4. The molecule has 0 heterocycles. The Hall–Kier alpha value is -4.32. The van der Waals surface area contributed by atoms with Gasteiger partial charge in [0.25, 0.3) is 0 Å². The van der Waals surface area contributed by atoms with E-state index in [-0.39, 0.29) is 19.4 Å². The van der Waals surface area contributed by atoms with Crippen molar-refractivity contribution in [3.63, 3.8) is 0 Å². The van der Waals surface area contributed by atoms with Gasteiger partial charge in [-0.15, -0.1) is 6.42 Å². The number of terminal acetylenes is 1. The summed E-state index contributed by atoms with van der Waals surface area (Å²) in [5, 5.41) is 5.56. The number of hydrogen-bond donors (Lipinski definition) is 3. The molecule has 220 valence electrons. The van der Waals surface area contributed by atoms with Gasteiger partial charge >= 0.3 is 6.09 Å². The van der Waals surface area contributed by atoms with Gasteiger partial charge in [-0.25, -0.2) is 4.79 Å². The van der Waals surface area contributed by atoms with E-state index in [1.807, 2.05) is 51.1 Å². The topological polar surface area (TPSA) is 131 Å². The van der Waals surface area contributed by atoms with Crippen molar-refractivity contribution < 1.29 is 23.9 Å². The molecule has 41 heavy (non-hydrogen) atoms. The molecule has 0 saturated heterocycles. The number of rotatable bonds is 12. The summed E-state index contributed by atoms with van der Waals surface area (Å²) in [4.78, 5) is 54.4. The number of nitrogens with zero attached hydrogens (tertiary/aromatic N) is 1. The third-order valence-corrected chi connectivity index (χ3v) is 6.65. The van der Waals surface area contributed by atoms with Crippen LogP contribution in [-0.2, 0) is 25.7 Å². The van der Waals surface area contributed by atoms with Crippen molar-refractivity contribution in [1.82, 2.24) is 15.5 Å². The van der Waals surface area contributed by atoms with Crippen LogP contribution in [0.5, 0.6) is 0 Å². The molecular weight excluding hydrogens is 520 g/mol. The zero-order valence-electron chi connectivity index (χ0n) is 24.8. The fraction of sp³-hybridized carbons (Fsp3) is 0.438. The molecule has 0 saturated carbocycles. The lowest BCUT2D eigenvalue weighted by Crippen LogP contribution is -2.59. The van der Waals surface area contributed by atoms with E-state index in [1.54, 1.807) is 45.0 Å². The molecule has 2 unspecified atom stereocenters. The van der Waals surface area contributed by atoms with Crippen LogP contribution in [0.15, 0.2) is 54.6 Å². The van der Waals surface area contributed by atoms with Gasteiger partial charge in [0.15, 0.2) is 0 Å². The van der Waals surface area contributed by atoms with Crippen molar-refractivity contribution in [2.75, 3.05) is 0 Å². The quantitative estimate of drug-likeness (QED) is 0.334. The minimum Gasteiger partial charge on any atom is -0.444 e. The van der Waals surface area contributed by atoms with Crippen LogP contribution in [0, 0.1) is 12.3 Å². The summed E-state index contributed by atoms with van der Waals surface area (Å²) >= 11 is 0. The van der Waals surface area contributed by atoms with Gasteiger partial charge in [0.2, 0.25) is 17.7 Å². The average molecular weight is 563 g/mol. The molecule has 4 N–H and O–H groups in total. The van der Waals surface area contributed by atoms with Gasteiger partial charge < -0.3 is 26.0 Å². The Labute approximate surface area is 243 Å². The van der Waals surface area contributed by atoms with E-state index in [0.29, 0.717) is 17.5 Å². The minimum absolute atomic E-state index is 0.0845. The molecule has 9 heteroatoms. The summed E-state index contributed by atoms with van der Waals surface area (Å²) in [6.07, 6.45) is 5.21. The largest absolute Gasteiger partial charge is 0.444 e. The van der Waals surface area contributed by atoms with Crippen LogP contribution in [0.3, 0.4) is 0 Å². The molecule has 2 rings (SSSR count). The predicted octanol–water partition coefficient (Wildman–Crippen LogP) is 4.20. The van der Waals surface area contributed by atoms with Gasteiger partial charge in [-0.2, -0.15) is 0 Å². The van der Waals surface area contributed by atoms with E-state index in [2.05, 4.69) is 16.6 Å². The highest BCUT2D eigenvalue weighted by Gasteiger charge is 2.43. The van der Waals surface area contributed by atoms with Crippen molar-refractivity contribution in [3.05, 3.63) is 71.3 Å². The second kappa shape index (κ2) is 14.4. The van der Waals surface area contributed by atoms with E-state index in [0.717, 1.165) is 5.56 Å². The highest BCUT2D eigenvalue weighted by Crippen LogP contribution is 2.34. The molecule has 0 aliphatic rings. The number of primary amides is 1. The van der Waals surface area contributed by atoms with E-state index >= 15 is 0 Å². The van der Waals surface area contributed by atoms with Crippen molar-refractivity contribution in [2.45, 2.75) is 90.6 Å². The van der Waals surface area contributed by atoms with Crippen LogP contribution in [-0.4, -0.2) is 45.9 Å². The maximum absolute atomic E-state index is 14.4. The number of alkyl carbamates (subject to hydrolysis) is 1. The number of nitrogens with one attached hydrogen (secondary N) is 2. The Balaban J connectivity index is 2.64. The van der Waals surface area contributed by atoms with Gasteiger partial charge in [0.05, 0.1) is 0 Å². The molecule has 2 aromatic rings. The molecule has 0 aliphatic heterocycles. The summed E-state index contributed by atoms with van der Waals surface area (Å²) in [7, 11) is 0. The third kappa shape index (κ3) is 9.67. The maximum atomic E-state index is 14.4. The molecule has 2 aromatic carbocycles. The number of nitrogens with two attached hydrogens (primary N) is 1. The van der Waals surface area contributed by atoms with E-state index in [4.69, 9.17) is 16.9 Å². The lowest BCUT2D eigenvalue weighted by atomic mass is 9.89. The van der Waals surface area contributed by atoms with Gasteiger partial charge in [-0.3, -0.25) is 14.4 Å². The summed E-state index contributed by atoms with van der Waals surface area (Å²) in [6.45, 7) is 10.9. The van der Waals surface area contributed by atoms with E-state index in [1.165, 1.54) is 4.90 Å². The minimum atomic E-state index is -1.20. The Morgan fingerprint density at radius 1 is 1.00 bits per heavy atom. The molecule has 0 fully saturated rings. The standard InChI is InChI=1S/C32H42N4O5/c1-8-23-17-13-14-18-24(23)27(28(38)34-21-22-15-11-10-12-16-22)36(32(6,7)9-2)29(39)25(19-20-26(33)37)35-30(40)41-31(3,4)5/h1,10-18,25,27H,9,19-21H2,2-7H3,(H2,33,37)(H,34,38)(H,35,40). The molecule has 4 amide bonds. The van der Waals surface area contributed by atoms with Gasteiger partial charge in [0, 0.05) is 24.1 Å². The summed E-state index contributed by atoms with van der Waals surface area (Å²) < 4.78 is 5.39. The Morgan fingerprint density at radius 2 is 1.61 bits per heavy atom. The summed E-state index contributed by atoms with van der Waals surface area (Å²) in [5.41, 5.74) is 5.48. The monoisotopic (exact) mass is 562 g/mol. The number of hydrogen-bond acceptors (Lipinski definition) is 5. The molecular formula is C32H42N4O5. The van der Waals surface area contributed by atoms with Crippen molar-refractivity contribution in [2.24, 2.45) is 5.73 Å². The van der Waals surface area contributed by atoms with Gasteiger partial charge in [-0.1, -0.05) is 61.4 Å². The van der Waals surface area contributed by atoms with Crippen LogP contribution in [0.1, 0.15) is 83.5 Å². The summed E-state index contributed by atoms with van der Waals surface area (Å²) in [5.74, 6) is 0.972. The lowest BCUT2D eigenvalue weighted by Gasteiger charge is -2.44. The van der Waals surface area contributed by atoms with Gasteiger partial charge in [0.1, 0.15) is 17.7 Å². The fourth-order valence-electron chi connectivity index (χ4n) is 4.25. The van der Waals surface area contributed by atoms with Crippen LogP contribution >= 0.6 is 0 Å². The van der Waals surface area contributed by atoms with Crippen LogP contribution in [0.4, 0.5) is 4.79 Å². The Morgan fingerprint density at radius 3 is 2.17 bits per heavy atom. The first-order valence-corrected chi connectivity index (χ1v) is 13.7. The maximum Gasteiger partial charge on any atom is 0.408 e. The number of benzene rings is 2. The zero-order valence-corrected chi connectivity index (χ0v) is 24.8. The van der Waals surface area contributed by atoms with Gasteiger partial charge in [-0.05, 0) is 64.7 Å². The first-order chi connectivity index (χ1) is 19.2. The highest BCUT2D eigenvalue weighted by molar-refractivity contribution is 5.93. The first kappa shape index (κ1) is 32.9. The fourth-order valence-corrected chi connectivity index (χ4v) is 4.25. The van der Waals surface area contributed by atoms with Crippen molar-refractivity contribution in [1.29, 1.82) is 0 Å². The first-order valence-electron chi connectivity index (χ1n) is 13.7. The second-order valence-electron chi connectivity index (χ2n) is 11.4. The number of ether oxygens (including phenoxy) is 1. The lowest BCUT2D eigenvalue weighted by molar-refractivity contribution is -0.149. The van der Waals surface area contributed by atoms with Crippen molar-refractivity contribution >= 4 is 23.8 Å². The van der Waals surface area contributed by atoms with E-state index < -0.39 is 47.0 Å². The summed E-state index contributed by atoms with van der Waals surface area (Å²) in [6, 6.07) is 14.0. The predicted molar refractivity (Wildman–Crippen MR) is 158 cm³/mol. The average Bonchev–Trinajstić information content (AvgIpc) is 2.91.